The number of alkyl halides is 2. The van der Waals surface area contributed by atoms with Crippen molar-refractivity contribution in [3.8, 4) is 11.5 Å². The van der Waals surface area contributed by atoms with Crippen LogP contribution in [0, 0.1) is 0 Å². The highest BCUT2D eigenvalue weighted by Crippen LogP contribution is 2.31. The number of sulfonamides is 1. The summed E-state index contributed by atoms with van der Waals surface area (Å²) in [4.78, 5) is 14.3. The Bertz CT molecular complexity index is 1010. The fourth-order valence-corrected chi connectivity index (χ4v) is 6.04. The fraction of sp³-hybridized carbons (Fsp3) is 0.389. The van der Waals surface area contributed by atoms with Crippen molar-refractivity contribution in [1.82, 2.24) is 9.21 Å². The molecule has 0 spiro atoms. The molecule has 2 heterocycles. The van der Waals surface area contributed by atoms with Crippen LogP contribution >= 0.6 is 22.9 Å². The average molecular weight is 481 g/mol. The minimum absolute atomic E-state index is 0.0411. The summed E-state index contributed by atoms with van der Waals surface area (Å²) < 4.78 is 62.0. The van der Waals surface area contributed by atoms with Gasteiger partial charge in [-0.25, -0.2) is 8.42 Å². The molecule has 0 atom stereocenters. The molecule has 1 aliphatic heterocycles. The van der Waals surface area contributed by atoms with Crippen molar-refractivity contribution in [2.45, 2.75) is 17.7 Å². The first kappa shape index (κ1) is 22.7. The van der Waals surface area contributed by atoms with E-state index in [0.29, 0.717) is 4.34 Å². The van der Waals surface area contributed by atoms with Crippen LogP contribution in [0.5, 0.6) is 11.5 Å². The molecule has 2 aromatic rings. The smallest absolute Gasteiger partial charge is 0.387 e. The number of amides is 1. The van der Waals surface area contributed by atoms with Crippen molar-refractivity contribution < 1.29 is 31.5 Å². The van der Waals surface area contributed by atoms with E-state index in [-0.39, 0.29) is 60.0 Å². The molecule has 0 unspecified atom stereocenters. The van der Waals surface area contributed by atoms with Gasteiger partial charge in [0, 0.05) is 31.7 Å². The van der Waals surface area contributed by atoms with Gasteiger partial charge in [-0.1, -0.05) is 11.6 Å². The van der Waals surface area contributed by atoms with E-state index in [0.717, 1.165) is 11.3 Å². The molecule has 1 fully saturated rings. The van der Waals surface area contributed by atoms with Crippen LogP contribution in [-0.4, -0.2) is 62.9 Å². The Kier molecular flexibility index (Phi) is 7.17. The largest absolute Gasteiger partial charge is 0.490 e. The maximum Gasteiger partial charge on any atom is 0.387 e. The van der Waals surface area contributed by atoms with E-state index in [2.05, 4.69) is 4.74 Å². The average Bonchev–Trinajstić information content (AvgIpc) is 3.16. The van der Waals surface area contributed by atoms with E-state index in [9.17, 15) is 22.0 Å². The molecule has 12 heteroatoms. The van der Waals surface area contributed by atoms with E-state index in [1.54, 1.807) is 6.92 Å². The van der Waals surface area contributed by atoms with E-state index in [1.807, 2.05) is 0 Å². The molecule has 164 valence electrons. The zero-order valence-electron chi connectivity index (χ0n) is 15.9. The van der Waals surface area contributed by atoms with E-state index < -0.39 is 16.6 Å². The van der Waals surface area contributed by atoms with Gasteiger partial charge in [0.15, 0.2) is 11.5 Å². The number of ether oxygens (including phenoxy) is 2. The summed E-state index contributed by atoms with van der Waals surface area (Å²) in [6.45, 7) is -0.476. The normalized spacial score (nSPS) is 15.4. The second kappa shape index (κ2) is 9.46. The second-order valence-electron chi connectivity index (χ2n) is 6.23. The lowest BCUT2D eigenvalue weighted by Crippen LogP contribution is -2.50. The molecule has 1 aromatic carbocycles. The van der Waals surface area contributed by atoms with Gasteiger partial charge >= 0.3 is 6.61 Å². The Labute approximate surface area is 181 Å². The molecule has 1 saturated heterocycles. The van der Waals surface area contributed by atoms with Crippen LogP contribution in [0.25, 0.3) is 0 Å². The molecule has 0 aliphatic carbocycles. The molecule has 0 N–H and O–H groups in total. The number of piperazine rings is 1. The number of hydrogen-bond acceptors (Lipinski definition) is 6. The number of nitrogens with zero attached hydrogens (tertiary/aromatic N) is 2. The number of benzene rings is 1. The van der Waals surface area contributed by atoms with E-state index in [1.165, 1.54) is 39.5 Å². The maximum absolute atomic E-state index is 12.8. The third-order valence-electron chi connectivity index (χ3n) is 4.38. The van der Waals surface area contributed by atoms with Crippen molar-refractivity contribution in [1.29, 1.82) is 0 Å². The summed E-state index contributed by atoms with van der Waals surface area (Å²) in [5.41, 5.74) is 0.237. The molecule has 3 rings (SSSR count). The van der Waals surface area contributed by atoms with Crippen LogP contribution in [0.1, 0.15) is 17.3 Å². The maximum atomic E-state index is 12.8. The molecule has 0 bridgehead atoms. The Morgan fingerprint density at radius 1 is 1.17 bits per heavy atom. The predicted octanol–water partition coefficient (Wildman–Crippen LogP) is 3.55. The summed E-state index contributed by atoms with van der Waals surface area (Å²) in [5, 5.41) is 0. The van der Waals surface area contributed by atoms with Crippen molar-refractivity contribution in [2.24, 2.45) is 0 Å². The molecule has 1 aliphatic rings. The Morgan fingerprint density at radius 2 is 1.87 bits per heavy atom. The third kappa shape index (κ3) is 5.02. The highest BCUT2D eigenvalue weighted by Gasteiger charge is 2.31. The second-order valence-corrected chi connectivity index (χ2v) is 10.1. The number of rotatable bonds is 7. The van der Waals surface area contributed by atoms with Gasteiger partial charge in [-0.15, -0.1) is 11.3 Å². The lowest BCUT2D eigenvalue weighted by molar-refractivity contribution is -0.0514. The van der Waals surface area contributed by atoms with Gasteiger partial charge < -0.3 is 14.4 Å². The summed E-state index contributed by atoms with van der Waals surface area (Å²) in [6, 6.07) is 6.96. The van der Waals surface area contributed by atoms with Gasteiger partial charge in [0.1, 0.15) is 4.21 Å². The minimum atomic E-state index is -3.66. The van der Waals surface area contributed by atoms with Crippen molar-refractivity contribution in [2.75, 3.05) is 32.8 Å². The summed E-state index contributed by atoms with van der Waals surface area (Å²) in [6.07, 6.45) is 0. The zero-order chi connectivity index (χ0) is 21.9. The molecular formula is C18H19ClF2N2O5S2. The first-order chi connectivity index (χ1) is 14.2. The van der Waals surface area contributed by atoms with Gasteiger partial charge in [-0.3, -0.25) is 4.79 Å². The summed E-state index contributed by atoms with van der Waals surface area (Å²) in [5.74, 6) is -0.468. The molecule has 30 heavy (non-hydrogen) atoms. The fourth-order valence-electron chi connectivity index (χ4n) is 2.98. The number of halogens is 3. The SMILES string of the molecule is CCOc1cc(C(=O)N2CCN(S(=O)(=O)c3ccc(Cl)s3)CC2)ccc1OC(F)F. The lowest BCUT2D eigenvalue weighted by atomic mass is 10.1. The van der Waals surface area contributed by atoms with Crippen LogP contribution in [0.15, 0.2) is 34.5 Å². The summed E-state index contributed by atoms with van der Waals surface area (Å²) >= 11 is 6.81. The van der Waals surface area contributed by atoms with E-state index in [4.69, 9.17) is 16.3 Å². The summed E-state index contributed by atoms with van der Waals surface area (Å²) in [7, 11) is -3.66. The quantitative estimate of drug-likeness (QED) is 0.605. The van der Waals surface area contributed by atoms with Crippen LogP contribution in [0.4, 0.5) is 8.78 Å². The van der Waals surface area contributed by atoms with Gasteiger partial charge in [0.05, 0.1) is 10.9 Å². The first-order valence-electron chi connectivity index (χ1n) is 8.98. The molecule has 7 nitrogen and oxygen atoms in total. The molecule has 1 amide bonds. The monoisotopic (exact) mass is 480 g/mol. The number of carbonyl (C=O) groups excluding carboxylic acids is 1. The first-order valence-corrected chi connectivity index (χ1v) is 11.6. The third-order valence-corrected chi connectivity index (χ3v) is 7.97. The van der Waals surface area contributed by atoms with Crippen molar-refractivity contribution in [3.63, 3.8) is 0 Å². The molecular weight excluding hydrogens is 462 g/mol. The standard InChI is InChI=1S/C18H19ClF2N2O5S2/c1-2-27-14-11-12(3-4-13(14)28-18(20)21)17(24)22-7-9-23(10-8-22)30(25,26)16-6-5-15(19)29-16/h3-6,11,18H,2,7-10H2,1H3. The van der Waals surface area contributed by atoms with Crippen LogP contribution in [0.3, 0.4) is 0 Å². The van der Waals surface area contributed by atoms with Crippen LogP contribution in [-0.2, 0) is 10.0 Å². The number of hydrogen-bond donors (Lipinski definition) is 0. The highest BCUT2D eigenvalue weighted by molar-refractivity contribution is 7.91. The molecule has 1 aromatic heterocycles. The zero-order valence-corrected chi connectivity index (χ0v) is 18.3. The van der Waals surface area contributed by atoms with Crippen LogP contribution in [0.2, 0.25) is 4.34 Å². The van der Waals surface area contributed by atoms with Gasteiger partial charge in [-0.2, -0.15) is 13.1 Å². The van der Waals surface area contributed by atoms with Crippen LogP contribution < -0.4 is 9.47 Å². The number of carbonyl (C=O) groups is 1. The lowest BCUT2D eigenvalue weighted by Gasteiger charge is -2.33. The topological polar surface area (TPSA) is 76.2 Å². The number of thiophene rings is 1. The predicted molar refractivity (Wildman–Crippen MR) is 108 cm³/mol. The van der Waals surface area contributed by atoms with Gasteiger partial charge in [0.25, 0.3) is 15.9 Å². The molecule has 0 saturated carbocycles. The Morgan fingerprint density at radius 3 is 2.43 bits per heavy atom. The van der Waals surface area contributed by atoms with E-state index >= 15 is 0 Å². The van der Waals surface area contributed by atoms with Gasteiger partial charge in [0.2, 0.25) is 0 Å². The highest BCUT2D eigenvalue weighted by atomic mass is 35.5. The van der Waals surface area contributed by atoms with Gasteiger partial charge in [-0.05, 0) is 37.3 Å². The Hall–Kier alpha value is -1.95. The van der Waals surface area contributed by atoms with Crippen molar-refractivity contribution >= 4 is 38.9 Å². The molecule has 0 radical (unpaired) electrons. The van der Waals surface area contributed by atoms with Crippen molar-refractivity contribution in [3.05, 3.63) is 40.2 Å². The Balaban J connectivity index is 1.70. The minimum Gasteiger partial charge on any atom is -0.490 e.